The maximum absolute atomic E-state index is 12.7. The number of carbonyl (C=O) groups excluding carboxylic acids is 1. The normalized spacial score (nSPS) is 28.8. The summed E-state index contributed by atoms with van der Waals surface area (Å²) in [5.41, 5.74) is 2.09. The molecular weight excluding hydrogens is 304 g/mol. The molecule has 1 amide bonds. The average Bonchev–Trinajstić information content (AvgIpc) is 3.36. The zero-order chi connectivity index (χ0) is 16.1. The topological polar surface area (TPSA) is 70.4 Å². The Morgan fingerprint density at radius 1 is 1.33 bits per heavy atom. The molecule has 2 aromatic heterocycles. The molecular formula is C18H22N4O2. The Bertz CT molecular complexity index is 780. The highest BCUT2D eigenvalue weighted by atomic mass is 16.3. The number of furan rings is 1. The number of piperidine rings is 1. The van der Waals surface area contributed by atoms with Crippen LogP contribution in [0.4, 0.5) is 5.69 Å². The van der Waals surface area contributed by atoms with E-state index in [0.717, 1.165) is 37.1 Å². The van der Waals surface area contributed by atoms with Crippen LogP contribution in [-0.4, -0.2) is 42.6 Å². The van der Waals surface area contributed by atoms with Gasteiger partial charge in [0.1, 0.15) is 6.26 Å². The van der Waals surface area contributed by atoms with Gasteiger partial charge in [0.2, 0.25) is 0 Å². The quantitative estimate of drug-likeness (QED) is 0.902. The van der Waals surface area contributed by atoms with Gasteiger partial charge in [-0.15, -0.1) is 0 Å². The highest BCUT2D eigenvalue weighted by Gasteiger charge is 2.40. The molecule has 1 saturated carbocycles. The molecule has 6 nitrogen and oxygen atoms in total. The van der Waals surface area contributed by atoms with Crippen LogP contribution >= 0.6 is 0 Å². The first-order chi connectivity index (χ1) is 11.8. The first-order valence-electron chi connectivity index (χ1n) is 8.95. The fraction of sp³-hybridized carbons (Fsp3) is 0.556. The summed E-state index contributed by atoms with van der Waals surface area (Å²) in [5.74, 6) is 0.580. The van der Waals surface area contributed by atoms with Crippen LogP contribution in [0, 0.1) is 5.92 Å². The van der Waals surface area contributed by atoms with Crippen LogP contribution in [0.15, 0.2) is 22.9 Å². The van der Waals surface area contributed by atoms with Crippen molar-refractivity contribution in [1.29, 1.82) is 0 Å². The first kappa shape index (κ1) is 14.3. The van der Waals surface area contributed by atoms with Gasteiger partial charge in [0.25, 0.3) is 5.91 Å². The minimum absolute atomic E-state index is 0.123. The van der Waals surface area contributed by atoms with Gasteiger partial charge in [-0.25, -0.2) is 4.98 Å². The lowest BCUT2D eigenvalue weighted by molar-refractivity contribution is 0.0924. The number of anilines is 1. The summed E-state index contributed by atoms with van der Waals surface area (Å²) < 4.78 is 5.76. The van der Waals surface area contributed by atoms with Gasteiger partial charge >= 0.3 is 0 Å². The minimum Gasteiger partial charge on any atom is -0.460 e. The van der Waals surface area contributed by atoms with E-state index in [0.29, 0.717) is 23.2 Å². The number of hydrogen-bond donors (Lipinski definition) is 2. The van der Waals surface area contributed by atoms with E-state index in [9.17, 15) is 4.79 Å². The highest BCUT2D eigenvalue weighted by molar-refractivity contribution is 6.06. The summed E-state index contributed by atoms with van der Waals surface area (Å²) in [7, 11) is 0. The second kappa shape index (κ2) is 5.48. The second-order valence-electron chi connectivity index (χ2n) is 7.28. The molecule has 1 aliphatic carbocycles. The van der Waals surface area contributed by atoms with Crippen LogP contribution in [0.25, 0.3) is 11.0 Å². The minimum atomic E-state index is -0.123. The fourth-order valence-electron chi connectivity index (χ4n) is 4.56. The van der Waals surface area contributed by atoms with Crippen LogP contribution in [0.1, 0.15) is 36.2 Å². The van der Waals surface area contributed by atoms with Gasteiger partial charge in [-0.1, -0.05) is 0 Å². The van der Waals surface area contributed by atoms with Crippen molar-refractivity contribution in [2.24, 2.45) is 5.92 Å². The Morgan fingerprint density at radius 2 is 2.21 bits per heavy atom. The number of nitrogens with one attached hydrogen (secondary N) is 2. The molecule has 3 unspecified atom stereocenters. The summed E-state index contributed by atoms with van der Waals surface area (Å²) in [6, 6.07) is 2.57. The van der Waals surface area contributed by atoms with Crippen LogP contribution in [-0.2, 0) is 0 Å². The van der Waals surface area contributed by atoms with Crippen LogP contribution in [0.5, 0.6) is 0 Å². The molecule has 0 aromatic carbocycles. The molecule has 126 valence electrons. The van der Waals surface area contributed by atoms with Crippen molar-refractivity contribution in [2.45, 2.75) is 37.8 Å². The molecule has 3 aliphatic rings. The summed E-state index contributed by atoms with van der Waals surface area (Å²) in [6.07, 6.45) is 8.14. The number of pyridine rings is 1. The van der Waals surface area contributed by atoms with Gasteiger partial charge in [-0.05, 0) is 44.2 Å². The Morgan fingerprint density at radius 3 is 2.96 bits per heavy atom. The van der Waals surface area contributed by atoms with Crippen molar-refractivity contribution in [1.82, 2.24) is 15.6 Å². The lowest BCUT2D eigenvalue weighted by Crippen LogP contribution is -2.48. The third-order valence-corrected chi connectivity index (χ3v) is 5.78. The van der Waals surface area contributed by atoms with Crippen molar-refractivity contribution >= 4 is 22.6 Å². The smallest absolute Gasteiger partial charge is 0.274 e. The zero-order valence-corrected chi connectivity index (χ0v) is 13.6. The molecule has 2 aromatic rings. The molecule has 6 heteroatoms. The van der Waals surface area contributed by atoms with E-state index in [1.807, 2.05) is 6.07 Å². The van der Waals surface area contributed by atoms with E-state index in [2.05, 4.69) is 20.5 Å². The van der Waals surface area contributed by atoms with E-state index in [4.69, 9.17) is 4.42 Å². The zero-order valence-electron chi connectivity index (χ0n) is 13.6. The van der Waals surface area contributed by atoms with E-state index in [1.54, 1.807) is 12.5 Å². The van der Waals surface area contributed by atoms with Crippen LogP contribution in [0.2, 0.25) is 0 Å². The highest BCUT2D eigenvalue weighted by Crippen LogP contribution is 2.34. The van der Waals surface area contributed by atoms with Gasteiger partial charge in [0.15, 0.2) is 11.3 Å². The third kappa shape index (κ3) is 2.20. The molecule has 5 rings (SSSR count). The van der Waals surface area contributed by atoms with Crippen molar-refractivity contribution in [3.63, 3.8) is 0 Å². The van der Waals surface area contributed by atoms with E-state index >= 15 is 0 Å². The number of hydrogen-bond acceptors (Lipinski definition) is 5. The van der Waals surface area contributed by atoms with Gasteiger partial charge in [0, 0.05) is 36.8 Å². The van der Waals surface area contributed by atoms with Gasteiger partial charge < -0.3 is 20.0 Å². The lowest BCUT2D eigenvalue weighted by atomic mass is 10.1. The monoisotopic (exact) mass is 326 g/mol. The SMILES string of the molecule is O=C(NC1CC2CNC1C2)c1nccc2c(N3CCCC3)coc12. The lowest BCUT2D eigenvalue weighted by Gasteiger charge is -2.23. The maximum Gasteiger partial charge on any atom is 0.274 e. The summed E-state index contributed by atoms with van der Waals surface area (Å²) in [5, 5.41) is 7.63. The van der Waals surface area contributed by atoms with Crippen molar-refractivity contribution < 1.29 is 9.21 Å². The van der Waals surface area contributed by atoms with Gasteiger partial charge in [-0.3, -0.25) is 4.79 Å². The van der Waals surface area contributed by atoms with Crippen LogP contribution < -0.4 is 15.5 Å². The Balaban J connectivity index is 1.43. The molecule has 2 bridgehead atoms. The van der Waals surface area contributed by atoms with Gasteiger partial charge in [0.05, 0.1) is 5.69 Å². The number of rotatable bonds is 3. The molecule has 2 aliphatic heterocycles. The number of aromatic nitrogens is 1. The summed E-state index contributed by atoms with van der Waals surface area (Å²) in [4.78, 5) is 19.4. The number of fused-ring (bicyclic) bond motifs is 3. The number of carbonyl (C=O) groups is 1. The molecule has 24 heavy (non-hydrogen) atoms. The summed E-state index contributed by atoms with van der Waals surface area (Å²) in [6.45, 7) is 3.19. The van der Waals surface area contributed by atoms with Crippen molar-refractivity contribution in [3.8, 4) is 0 Å². The van der Waals surface area contributed by atoms with Gasteiger partial charge in [-0.2, -0.15) is 0 Å². The summed E-state index contributed by atoms with van der Waals surface area (Å²) >= 11 is 0. The fourth-order valence-corrected chi connectivity index (χ4v) is 4.56. The molecule has 0 spiro atoms. The maximum atomic E-state index is 12.7. The number of nitrogens with zero attached hydrogens (tertiary/aromatic N) is 2. The van der Waals surface area contributed by atoms with E-state index in [-0.39, 0.29) is 11.9 Å². The van der Waals surface area contributed by atoms with Crippen molar-refractivity contribution in [3.05, 3.63) is 24.2 Å². The number of amides is 1. The predicted octanol–water partition coefficient (Wildman–Crippen LogP) is 1.91. The molecule has 3 fully saturated rings. The Labute approximate surface area is 140 Å². The van der Waals surface area contributed by atoms with Crippen molar-refractivity contribution in [2.75, 3.05) is 24.5 Å². The Hall–Kier alpha value is -2.08. The molecule has 0 radical (unpaired) electrons. The van der Waals surface area contributed by atoms with Crippen LogP contribution in [0.3, 0.4) is 0 Å². The second-order valence-corrected chi connectivity index (χ2v) is 7.28. The molecule has 4 heterocycles. The predicted molar refractivity (Wildman–Crippen MR) is 91.2 cm³/mol. The molecule has 2 N–H and O–H groups in total. The Kier molecular flexibility index (Phi) is 3.26. The molecule has 2 saturated heterocycles. The first-order valence-corrected chi connectivity index (χ1v) is 8.95. The largest absolute Gasteiger partial charge is 0.460 e. The van der Waals surface area contributed by atoms with E-state index < -0.39 is 0 Å². The standard InChI is InChI=1S/C18H22N4O2/c23-18(21-14-8-11-7-13(14)20-9-11)16-17-12(3-4-19-16)15(10-24-17)22-5-1-2-6-22/h3-4,10-11,13-14,20H,1-2,5-9H2,(H,21,23). The third-order valence-electron chi connectivity index (χ3n) is 5.78. The average molecular weight is 326 g/mol. The molecule has 3 atom stereocenters. The van der Waals surface area contributed by atoms with E-state index in [1.165, 1.54) is 19.3 Å².